The van der Waals surface area contributed by atoms with E-state index in [9.17, 15) is 20.1 Å². The van der Waals surface area contributed by atoms with Gasteiger partial charge in [0, 0.05) is 18.8 Å². The highest BCUT2D eigenvalue weighted by Crippen LogP contribution is 2.36. The molecule has 1 amide bonds. The maximum absolute atomic E-state index is 10.7. The minimum Gasteiger partial charge on any atom is -0.393 e. The topological polar surface area (TPSA) is 104 Å². The van der Waals surface area contributed by atoms with Crippen molar-refractivity contribution in [2.45, 2.75) is 63.3 Å². The number of aliphatic hydroxyl groups is 3. The van der Waals surface area contributed by atoms with E-state index < -0.39 is 18.3 Å². The van der Waals surface area contributed by atoms with Gasteiger partial charge in [0.25, 0.3) is 0 Å². The van der Waals surface area contributed by atoms with Crippen LogP contribution in [0, 0.1) is 11.8 Å². The zero-order valence-corrected chi connectivity index (χ0v) is 16.4. The van der Waals surface area contributed by atoms with Crippen LogP contribution in [0.15, 0.2) is 54.6 Å². The van der Waals surface area contributed by atoms with Crippen LogP contribution in [0.4, 0.5) is 0 Å². The highest BCUT2D eigenvalue weighted by molar-refractivity contribution is 5.73. The third kappa shape index (κ3) is 7.58. The second kappa shape index (κ2) is 11.8. The lowest BCUT2D eigenvalue weighted by Crippen LogP contribution is -2.20. The molecule has 1 saturated carbocycles. The first-order chi connectivity index (χ1) is 13.5. The van der Waals surface area contributed by atoms with Gasteiger partial charge in [0.15, 0.2) is 0 Å². The van der Waals surface area contributed by atoms with E-state index in [1.165, 1.54) is 5.56 Å². The second-order valence-corrected chi connectivity index (χ2v) is 7.65. The fraction of sp³-hybridized carbons (Fsp3) is 0.522. The van der Waals surface area contributed by atoms with Crippen molar-refractivity contribution in [3.05, 3.63) is 60.2 Å². The summed E-state index contributed by atoms with van der Waals surface area (Å²) < 4.78 is 0. The number of amides is 1. The summed E-state index contributed by atoms with van der Waals surface area (Å²) in [5, 5.41) is 30.8. The van der Waals surface area contributed by atoms with E-state index in [0.717, 1.165) is 19.3 Å². The van der Waals surface area contributed by atoms with E-state index >= 15 is 0 Å². The first-order valence-electron chi connectivity index (χ1n) is 10.2. The largest absolute Gasteiger partial charge is 0.393 e. The van der Waals surface area contributed by atoms with Gasteiger partial charge < -0.3 is 21.1 Å². The number of rotatable bonds is 11. The average Bonchev–Trinajstić information content (AvgIpc) is 2.94. The molecular weight excluding hydrogens is 354 g/mol. The molecule has 5 heteroatoms. The predicted molar refractivity (Wildman–Crippen MR) is 110 cm³/mol. The number of primary amides is 1. The molecule has 1 aliphatic rings. The molecule has 1 fully saturated rings. The summed E-state index contributed by atoms with van der Waals surface area (Å²) in [5.41, 5.74) is 6.30. The Hall–Kier alpha value is -1.95. The number of allylic oxidation sites excluding steroid dienone is 2. The molecule has 2 rings (SSSR count). The zero-order valence-electron chi connectivity index (χ0n) is 16.4. The van der Waals surface area contributed by atoms with Crippen molar-refractivity contribution in [2.75, 3.05) is 0 Å². The molecular formula is C23H33NO4. The number of hydrogen-bond donors (Lipinski definition) is 4. The number of unbranched alkanes of at least 4 members (excludes halogenated alkanes) is 1. The number of nitrogens with two attached hydrogens (primary N) is 1. The Morgan fingerprint density at radius 2 is 1.93 bits per heavy atom. The SMILES string of the molecule is NC(=O)CCC/C=C\CC1[C@@H](/C=C/[C@@H](O)CCc2ccccc2)[C@H](O)C[C@@H]1O. The monoisotopic (exact) mass is 387 g/mol. The first-order valence-corrected chi connectivity index (χ1v) is 10.2. The Bertz CT molecular complexity index is 643. The minimum atomic E-state index is -0.596. The molecule has 0 heterocycles. The molecule has 154 valence electrons. The predicted octanol–water partition coefficient (Wildman–Crippen LogP) is 2.50. The molecule has 28 heavy (non-hydrogen) atoms. The van der Waals surface area contributed by atoms with Crippen molar-refractivity contribution in [2.24, 2.45) is 17.6 Å². The average molecular weight is 388 g/mol. The smallest absolute Gasteiger partial charge is 0.217 e. The number of aliphatic hydroxyl groups excluding tert-OH is 3. The van der Waals surface area contributed by atoms with Crippen molar-refractivity contribution in [1.82, 2.24) is 0 Å². The first kappa shape index (κ1) is 22.3. The van der Waals surface area contributed by atoms with Crippen LogP contribution < -0.4 is 5.73 Å². The van der Waals surface area contributed by atoms with E-state index in [0.29, 0.717) is 25.7 Å². The number of hydrogen-bond acceptors (Lipinski definition) is 4. The van der Waals surface area contributed by atoms with Crippen LogP contribution in [0.25, 0.3) is 0 Å². The number of aryl methyl sites for hydroxylation is 1. The third-order valence-electron chi connectivity index (χ3n) is 5.41. The standard InChI is InChI=1S/C23H33NO4/c24-23(28)11-7-2-1-6-10-19-20(22(27)16-21(19)26)15-14-18(25)13-12-17-8-4-3-5-9-17/h1,3-6,8-9,14-15,18-22,25-27H,2,7,10-13,16H2,(H2,24,28)/b6-1-,15-14+/t18-,19?,20+,21-,22+/m0/s1. The summed E-state index contributed by atoms with van der Waals surface area (Å²) in [4.78, 5) is 10.7. The van der Waals surface area contributed by atoms with Gasteiger partial charge in [-0.05, 0) is 43.6 Å². The normalized spacial score (nSPS) is 26.2. The molecule has 0 saturated heterocycles. The summed E-state index contributed by atoms with van der Waals surface area (Å²) in [7, 11) is 0. The van der Waals surface area contributed by atoms with Gasteiger partial charge in [0.2, 0.25) is 5.91 Å². The van der Waals surface area contributed by atoms with Gasteiger partial charge in [-0.15, -0.1) is 0 Å². The Morgan fingerprint density at radius 3 is 2.64 bits per heavy atom. The molecule has 0 aromatic heterocycles. The fourth-order valence-electron chi connectivity index (χ4n) is 3.78. The van der Waals surface area contributed by atoms with Crippen LogP contribution in [0.3, 0.4) is 0 Å². The number of carbonyl (C=O) groups is 1. The van der Waals surface area contributed by atoms with Crippen LogP contribution in [-0.4, -0.2) is 39.5 Å². The van der Waals surface area contributed by atoms with Crippen molar-refractivity contribution >= 4 is 5.91 Å². The molecule has 5 atom stereocenters. The molecule has 5 N–H and O–H groups in total. The summed E-state index contributed by atoms with van der Waals surface area (Å²) in [6.45, 7) is 0. The second-order valence-electron chi connectivity index (χ2n) is 7.65. The van der Waals surface area contributed by atoms with Crippen molar-refractivity contribution in [1.29, 1.82) is 0 Å². The van der Waals surface area contributed by atoms with E-state index in [-0.39, 0.29) is 17.7 Å². The molecule has 0 spiro atoms. The van der Waals surface area contributed by atoms with E-state index in [4.69, 9.17) is 5.73 Å². The van der Waals surface area contributed by atoms with E-state index in [1.807, 2.05) is 48.6 Å². The maximum Gasteiger partial charge on any atom is 0.217 e. The molecule has 1 aromatic rings. The number of carbonyl (C=O) groups excluding carboxylic acids is 1. The molecule has 0 radical (unpaired) electrons. The van der Waals surface area contributed by atoms with Crippen molar-refractivity contribution < 1.29 is 20.1 Å². The lowest BCUT2D eigenvalue weighted by Gasteiger charge is -2.19. The van der Waals surface area contributed by atoms with Crippen molar-refractivity contribution in [3.8, 4) is 0 Å². The highest BCUT2D eigenvalue weighted by Gasteiger charge is 2.39. The van der Waals surface area contributed by atoms with Crippen LogP contribution in [0.5, 0.6) is 0 Å². The van der Waals surface area contributed by atoms with E-state index in [2.05, 4.69) is 0 Å². The van der Waals surface area contributed by atoms with Crippen LogP contribution in [0.1, 0.15) is 44.1 Å². The Kier molecular flexibility index (Phi) is 9.41. The Labute approximate surface area is 167 Å². The molecule has 5 nitrogen and oxygen atoms in total. The Balaban J connectivity index is 1.82. The third-order valence-corrected chi connectivity index (χ3v) is 5.41. The quantitative estimate of drug-likeness (QED) is 0.346. The van der Waals surface area contributed by atoms with Gasteiger partial charge in [-0.1, -0.05) is 54.6 Å². The van der Waals surface area contributed by atoms with Gasteiger partial charge in [-0.3, -0.25) is 4.79 Å². The highest BCUT2D eigenvalue weighted by atomic mass is 16.3. The summed E-state index contributed by atoms with van der Waals surface area (Å²) in [5.74, 6) is -0.532. The molecule has 1 aliphatic carbocycles. The lowest BCUT2D eigenvalue weighted by molar-refractivity contribution is -0.118. The maximum atomic E-state index is 10.7. The van der Waals surface area contributed by atoms with Crippen molar-refractivity contribution in [3.63, 3.8) is 0 Å². The zero-order chi connectivity index (χ0) is 20.4. The summed E-state index contributed by atoms with van der Waals surface area (Å²) in [6, 6.07) is 10.0. The summed E-state index contributed by atoms with van der Waals surface area (Å²) in [6.07, 6.45) is 10.2. The van der Waals surface area contributed by atoms with Gasteiger partial charge in [-0.25, -0.2) is 0 Å². The Morgan fingerprint density at radius 1 is 1.18 bits per heavy atom. The van der Waals surface area contributed by atoms with Crippen LogP contribution in [-0.2, 0) is 11.2 Å². The van der Waals surface area contributed by atoms with Gasteiger partial charge in [0.05, 0.1) is 18.3 Å². The molecule has 1 unspecified atom stereocenters. The lowest BCUT2D eigenvalue weighted by atomic mass is 9.89. The van der Waals surface area contributed by atoms with Gasteiger partial charge in [-0.2, -0.15) is 0 Å². The van der Waals surface area contributed by atoms with Crippen LogP contribution in [0.2, 0.25) is 0 Å². The molecule has 1 aromatic carbocycles. The minimum absolute atomic E-state index is 0.0695. The van der Waals surface area contributed by atoms with E-state index in [1.54, 1.807) is 6.08 Å². The fourth-order valence-corrected chi connectivity index (χ4v) is 3.78. The van der Waals surface area contributed by atoms with Gasteiger partial charge >= 0.3 is 0 Å². The number of benzene rings is 1. The van der Waals surface area contributed by atoms with Crippen LogP contribution >= 0.6 is 0 Å². The van der Waals surface area contributed by atoms with Gasteiger partial charge in [0.1, 0.15) is 0 Å². The molecule has 0 aliphatic heterocycles. The summed E-state index contributed by atoms with van der Waals surface area (Å²) >= 11 is 0. The molecule has 0 bridgehead atoms.